The lowest BCUT2D eigenvalue weighted by atomic mass is 9.94. The minimum absolute atomic E-state index is 0.282. The van der Waals surface area contributed by atoms with Crippen molar-refractivity contribution in [1.82, 2.24) is 4.98 Å². The first-order valence-corrected chi connectivity index (χ1v) is 11.5. The van der Waals surface area contributed by atoms with Gasteiger partial charge in [-0.3, -0.25) is 0 Å². The minimum Gasteiger partial charge on any atom is -0.234 e. The van der Waals surface area contributed by atoms with E-state index in [9.17, 15) is 8.78 Å². The Labute approximate surface area is 204 Å². The summed E-state index contributed by atoms with van der Waals surface area (Å²) in [6, 6.07) is 29.6. The molecule has 0 bridgehead atoms. The van der Waals surface area contributed by atoms with E-state index in [1.54, 1.807) is 18.2 Å². The van der Waals surface area contributed by atoms with Gasteiger partial charge in [0.15, 0.2) is 0 Å². The molecule has 0 aliphatic rings. The summed E-state index contributed by atoms with van der Waals surface area (Å²) >= 11 is 0. The van der Waals surface area contributed by atoms with E-state index in [1.807, 2.05) is 51.2 Å². The number of aromatic nitrogens is 2. The van der Waals surface area contributed by atoms with Crippen LogP contribution in [0.1, 0.15) is 11.3 Å². The SMILES string of the molecule is Cc1cc(F)ccc1-c1c(-c2ccc(F)cc2)nc(-c2ccccc2-c2ccccc2)c(C)[n+]1C. The molecule has 4 aromatic carbocycles. The van der Waals surface area contributed by atoms with Gasteiger partial charge < -0.3 is 0 Å². The lowest BCUT2D eigenvalue weighted by Gasteiger charge is -2.16. The molecule has 0 saturated carbocycles. The maximum atomic E-state index is 13.9. The number of benzene rings is 4. The van der Waals surface area contributed by atoms with Crippen LogP contribution in [-0.4, -0.2) is 4.98 Å². The van der Waals surface area contributed by atoms with Crippen LogP contribution in [0.15, 0.2) is 97.1 Å². The third-order valence-corrected chi connectivity index (χ3v) is 6.46. The fourth-order valence-corrected chi connectivity index (χ4v) is 4.56. The standard InChI is InChI=1S/C31H25F2N2/c1-20-19-25(33)17-18-26(20)31-30(23-13-15-24(32)16-14-23)34-29(21(2)35(31)3)28-12-8-7-11-27(28)22-9-5-4-6-10-22/h4-19H,1-3H3/q+1. The molecule has 0 unspecified atom stereocenters. The predicted octanol–water partition coefficient (Wildman–Crippen LogP) is 7.47. The van der Waals surface area contributed by atoms with Gasteiger partial charge in [-0.15, -0.1) is 0 Å². The molecule has 0 radical (unpaired) electrons. The fourth-order valence-electron chi connectivity index (χ4n) is 4.56. The Morgan fingerprint density at radius 1 is 0.600 bits per heavy atom. The average Bonchev–Trinajstić information content (AvgIpc) is 2.87. The van der Waals surface area contributed by atoms with Gasteiger partial charge in [0.2, 0.25) is 11.4 Å². The monoisotopic (exact) mass is 463 g/mol. The minimum atomic E-state index is -0.306. The van der Waals surface area contributed by atoms with Crippen molar-refractivity contribution in [2.24, 2.45) is 7.05 Å². The quantitative estimate of drug-likeness (QED) is 0.253. The first-order chi connectivity index (χ1) is 16.9. The highest BCUT2D eigenvalue weighted by Gasteiger charge is 2.27. The molecule has 0 amide bonds. The number of hydrogen-bond donors (Lipinski definition) is 0. The Balaban J connectivity index is 1.83. The maximum absolute atomic E-state index is 13.9. The molecule has 0 fully saturated rings. The summed E-state index contributed by atoms with van der Waals surface area (Å²) in [4.78, 5) is 5.19. The molecule has 0 atom stereocenters. The van der Waals surface area contributed by atoms with Gasteiger partial charge in [0.1, 0.15) is 30.1 Å². The molecule has 1 heterocycles. The summed E-state index contributed by atoms with van der Waals surface area (Å²) < 4.78 is 29.8. The normalized spacial score (nSPS) is 11.0. The highest BCUT2D eigenvalue weighted by molar-refractivity contribution is 5.85. The highest BCUT2D eigenvalue weighted by atomic mass is 19.1. The van der Waals surface area contributed by atoms with Crippen LogP contribution in [0.25, 0.3) is 44.9 Å². The zero-order valence-electron chi connectivity index (χ0n) is 19.9. The van der Waals surface area contributed by atoms with E-state index >= 15 is 0 Å². The molecule has 5 rings (SSSR count). The van der Waals surface area contributed by atoms with Crippen molar-refractivity contribution in [3.63, 3.8) is 0 Å². The molecule has 35 heavy (non-hydrogen) atoms. The van der Waals surface area contributed by atoms with E-state index < -0.39 is 0 Å². The first kappa shape index (κ1) is 22.6. The summed E-state index contributed by atoms with van der Waals surface area (Å²) in [5.74, 6) is -0.588. The van der Waals surface area contributed by atoms with Gasteiger partial charge in [0.25, 0.3) is 0 Å². The molecule has 0 saturated heterocycles. The molecule has 2 nitrogen and oxygen atoms in total. The Morgan fingerprint density at radius 2 is 1.23 bits per heavy atom. The molecule has 0 N–H and O–H groups in total. The second-order valence-electron chi connectivity index (χ2n) is 8.68. The van der Waals surface area contributed by atoms with Crippen molar-refractivity contribution >= 4 is 0 Å². The third kappa shape index (κ3) is 4.24. The third-order valence-electron chi connectivity index (χ3n) is 6.46. The second-order valence-corrected chi connectivity index (χ2v) is 8.68. The Kier molecular flexibility index (Phi) is 5.96. The van der Waals surface area contributed by atoms with Gasteiger partial charge in [-0.25, -0.2) is 13.8 Å². The first-order valence-electron chi connectivity index (χ1n) is 11.5. The number of rotatable bonds is 4. The van der Waals surface area contributed by atoms with E-state index in [2.05, 4.69) is 28.8 Å². The predicted molar refractivity (Wildman–Crippen MR) is 137 cm³/mol. The van der Waals surface area contributed by atoms with Crippen molar-refractivity contribution in [1.29, 1.82) is 0 Å². The van der Waals surface area contributed by atoms with Crippen molar-refractivity contribution in [2.45, 2.75) is 13.8 Å². The Bertz CT molecular complexity index is 1520. The lowest BCUT2D eigenvalue weighted by molar-refractivity contribution is -0.666. The van der Waals surface area contributed by atoms with Gasteiger partial charge in [-0.2, -0.15) is 4.57 Å². The van der Waals surface area contributed by atoms with E-state index in [-0.39, 0.29) is 11.6 Å². The topological polar surface area (TPSA) is 16.8 Å². The van der Waals surface area contributed by atoms with E-state index in [0.29, 0.717) is 5.69 Å². The van der Waals surface area contributed by atoms with Crippen LogP contribution in [0.4, 0.5) is 8.78 Å². The summed E-state index contributed by atoms with van der Waals surface area (Å²) in [5, 5.41) is 0. The molecule has 0 aliphatic heterocycles. The van der Waals surface area contributed by atoms with E-state index in [1.165, 1.54) is 24.3 Å². The van der Waals surface area contributed by atoms with Crippen molar-refractivity contribution in [3.05, 3.63) is 120 Å². The van der Waals surface area contributed by atoms with Gasteiger partial charge in [0.05, 0.1) is 5.56 Å². The van der Waals surface area contributed by atoms with Crippen LogP contribution in [0.5, 0.6) is 0 Å². The average molecular weight is 464 g/mol. The molecule has 5 aromatic rings. The van der Waals surface area contributed by atoms with Crippen LogP contribution in [0.2, 0.25) is 0 Å². The second kappa shape index (κ2) is 9.22. The van der Waals surface area contributed by atoms with Gasteiger partial charge in [-0.1, -0.05) is 54.6 Å². The maximum Gasteiger partial charge on any atom is 0.239 e. The van der Waals surface area contributed by atoms with E-state index in [4.69, 9.17) is 4.98 Å². The fraction of sp³-hybridized carbons (Fsp3) is 0.0968. The van der Waals surface area contributed by atoms with Gasteiger partial charge in [0, 0.05) is 18.1 Å². The summed E-state index contributed by atoms with van der Waals surface area (Å²) in [6.07, 6.45) is 0. The van der Waals surface area contributed by atoms with Crippen LogP contribution in [0, 0.1) is 25.5 Å². The van der Waals surface area contributed by atoms with Crippen LogP contribution in [-0.2, 0) is 7.05 Å². The van der Waals surface area contributed by atoms with Gasteiger partial charge >= 0.3 is 0 Å². The lowest BCUT2D eigenvalue weighted by Crippen LogP contribution is -2.37. The highest BCUT2D eigenvalue weighted by Crippen LogP contribution is 2.36. The van der Waals surface area contributed by atoms with Crippen LogP contribution < -0.4 is 4.57 Å². The molecule has 1 aromatic heterocycles. The molecular weight excluding hydrogens is 438 g/mol. The molecule has 0 spiro atoms. The van der Waals surface area contributed by atoms with Crippen molar-refractivity contribution in [2.75, 3.05) is 0 Å². The molecule has 4 heteroatoms. The molecule has 0 aliphatic carbocycles. The van der Waals surface area contributed by atoms with Crippen molar-refractivity contribution < 1.29 is 13.3 Å². The smallest absolute Gasteiger partial charge is 0.234 e. The van der Waals surface area contributed by atoms with Crippen molar-refractivity contribution in [3.8, 4) is 44.9 Å². The Morgan fingerprint density at radius 3 is 1.91 bits per heavy atom. The number of halogens is 2. The van der Waals surface area contributed by atoms with Gasteiger partial charge in [-0.05, 0) is 66.1 Å². The van der Waals surface area contributed by atoms with E-state index in [0.717, 1.165) is 50.5 Å². The zero-order valence-corrected chi connectivity index (χ0v) is 19.9. The summed E-state index contributed by atoms with van der Waals surface area (Å²) in [6.45, 7) is 3.93. The largest absolute Gasteiger partial charge is 0.239 e. The number of hydrogen-bond acceptors (Lipinski definition) is 1. The number of nitrogens with zero attached hydrogens (tertiary/aromatic N) is 2. The molecule has 172 valence electrons. The number of aryl methyl sites for hydroxylation is 1. The summed E-state index contributed by atoms with van der Waals surface area (Å²) in [5.41, 5.74) is 9.06. The Hall–Kier alpha value is -4.18. The van der Waals surface area contributed by atoms with Crippen LogP contribution in [0.3, 0.4) is 0 Å². The zero-order chi connectivity index (χ0) is 24.5. The summed E-state index contributed by atoms with van der Waals surface area (Å²) in [7, 11) is 2.00. The molecular formula is C31H25F2N2+. The van der Waals surface area contributed by atoms with Crippen LogP contribution >= 0.6 is 0 Å².